The van der Waals surface area contributed by atoms with Crippen molar-refractivity contribution < 1.29 is 13.2 Å². The van der Waals surface area contributed by atoms with E-state index in [1.807, 2.05) is 0 Å². The van der Waals surface area contributed by atoms with Crippen LogP contribution < -0.4 is 10.6 Å². The number of halogens is 1. The van der Waals surface area contributed by atoms with E-state index >= 15 is 0 Å². The van der Waals surface area contributed by atoms with Gasteiger partial charge in [-0.25, -0.2) is 8.42 Å². The lowest BCUT2D eigenvalue weighted by atomic mass is 10.2. The highest BCUT2D eigenvalue weighted by Crippen LogP contribution is 2.15. The molecule has 2 rings (SSSR count). The monoisotopic (exact) mass is 316 g/mol. The summed E-state index contributed by atoms with van der Waals surface area (Å²) in [6.07, 6.45) is 1.43. The highest BCUT2D eigenvalue weighted by molar-refractivity contribution is 7.91. The van der Waals surface area contributed by atoms with E-state index in [9.17, 15) is 13.2 Å². The molecule has 1 unspecified atom stereocenters. The zero-order valence-corrected chi connectivity index (χ0v) is 12.5. The third-order valence-electron chi connectivity index (χ3n) is 3.12. The van der Waals surface area contributed by atoms with E-state index in [2.05, 4.69) is 10.6 Å². The molecule has 1 saturated heterocycles. The van der Waals surface area contributed by atoms with Crippen molar-refractivity contribution in [2.45, 2.75) is 18.9 Å². The van der Waals surface area contributed by atoms with Gasteiger partial charge in [-0.3, -0.25) is 4.79 Å². The number of carbonyl (C=O) groups excluding carboxylic acids is 1. The Hall–Kier alpha value is -1.11. The zero-order chi connectivity index (χ0) is 14.6. The lowest BCUT2D eigenvalue weighted by Gasteiger charge is -2.22. The summed E-state index contributed by atoms with van der Waals surface area (Å²) in [4.78, 5) is 11.8. The number of nitrogens with one attached hydrogen (secondary N) is 2. The topological polar surface area (TPSA) is 75.3 Å². The number of anilines is 1. The minimum absolute atomic E-state index is 0.0900. The second-order valence-electron chi connectivity index (χ2n) is 4.89. The standard InChI is InChI=1S/C13H17ClN2O3S/c14-10-3-1-4-11(7-10)16-13(17)8-15-12-5-2-6-20(18,19)9-12/h1,3-4,7,12,15H,2,5-6,8-9H2,(H,16,17). The number of hydrogen-bond acceptors (Lipinski definition) is 4. The van der Waals surface area contributed by atoms with Crippen molar-refractivity contribution in [2.75, 3.05) is 23.4 Å². The molecule has 0 bridgehead atoms. The van der Waals surface area contributed by atoms with Gasteiger partial charge >= 0.3 is 0 Å². The van der Waals surface area contributed by atoms with Gasteiger partial charge in [0.25, 0.3) is 0 Å². The highest BCUT2D eigenvalue weighted by Gasteiger charge is 2.24. The first-order valence-corrected chi connectivity index (χ1v) is 8.64. The molecule has 1 fully saturated rings. The van der Waals surface area contributed by atoms with Crippen molar-refractivity contribution in [3.05, 3.63) is 29.3 Å². The molecule has 0 saturated carbocycles. The average Bonchev–Trinajstić information content (AvgIpc) is 2.35. The molecule has 110 valence electrons. The lowest BCUT2D eigenvalue weighted by Crippen LogP contribution is -2.43. The number of rotatable bonds is 4. The minimum atomic E-state index is -2.96. The molecule has 0 aromatic heterocycles. The summed E-state index contributed by atoms with van der Waals surface area (Å²) in [5.41, 5.74) is 0.626. The van der Waals surface area contributed by atoms with Gasteiger partial charge in [-0.1, -0.05) is 17.7 Å². The third kappa shape index (κ3) is 4.77. The fraction of sp³-hybridized carbons (Fsp3) is 0.462. The summed E-state index contributed by atoms with van der Waals surface area (Å²) in [6.45, 7) is 0.0900. The Kier molecular flexibility index (Phi) is 5.01. The Labute approximate surface area is 123 Å². The molecule has 20 heavy (non-hydrogen) atoms. The zero-order valence-electron chi connectivity index (χ0n) is 10.9. The molecule has 7 heteroatoms. The van der Waals surface area contributed by atoms with Crippen LogP contribution in [0.5, 0.6) is 0 Å². The van der Waals surface area contributed by atoms with E-state index < -0.39 is 9.84 Å². The molecule has 1 aromatic rings. The van der Waals surface area contributed by atoms with E-state index in [0.29, 0.717) is 17.1 Å². The normalized spacial score (nSPS) is 21.4. The summed E-state index contributed by atoms with van der Waals surface area (Å²) in [5.74, 6) is 0.146. The molecule has 1 atom stereocenters. The largest absolute Gasteiger partial charge is 0.325 e. The molecule has 0 radical (unpaired) electrons. The van der Waals surface area contributed by atoms with E-state index in [0.717, 1.165) is 6.42 Å². The molecular weight excluding hydrogens is 300 g/mol. The molecule has 1 aromatic carbocycles. The smallest absolute Gasteiger partial charge is 0.238 e. The number of amides is 1. The summed E-state index contributed by atoms with van der Waals surface area (Å²) < 4.78 is 23.0. The summed E-state index contributed by atoms with van der Waals surface area (Å²) >= 11 is 5.82. The first-order chi connectivity index (χ1) is 9.44. The molecule has 2 N–H and O–H groups in total. The van der Waals surface area contributed by atoms with Crippen LogP contribution in [-0.4, -0.2) is 38.4 Å². The van der Waals surface area contributed by atoms with Crippen molar-refractivity contribution in [2.24, 2.45) is 0 Å². The number of carbonyl (C=O) groups is 1. The summed E-state index contributed by atoms with van der Waals surface area (Å²) in [5, 5.41) is 6.25. The van der Waals surface area contributed by atoms with Crippen molar-refractivity contribution in [3.8, 4) is 0 Å². The second kappa shape index (κ2) is 6.56. The molecule has 1 aliphatic rings. The van der Waals surface area contributed by atoms with Crippen molar-refractivity contribution >= 4 is 33.0 Å². The van der Waals surface area contributed by atoms with E-state index in [-0.39, 0.29) is 30.0 Å². The van der Waals surface area contributed by atoms with Crippen LogP contribution in [0.4, 0.5) is 5.69 Å². The van der Waals surface area contributed by atoms with Crippen LogP contribution in [0.3, 0.4) is 0 Å². The second-order valence-corrected chi connectivity index (χ2v) is 7.56. The Morgan fingerprint density at radius 3 is 2.90 bits per heavy atom. The molecule has 1 amide bonds. The maximum absolute atomic E-state index is 11.8. The molecule has 0 aliphatic carbocycles. The highest BCUT2D eigenvalue weighted by atomic mass is 35.5. The minimum Gasteiger partial charge on any atom is -0.325 e. The van der Waals surface area contributed by atoms with E-state index in [1.165, 1.54) is 0 Å². The number of sulfone groups is 1. The maximum Gasteiger partial charge on any atom is 0.238 e. The van der Waals surface area contributed by atoms with E-state index in [4.69, 9.17) is 11.6 Å². The van der Waals surface area contributed by atoms with Crippen LogP contribution in [0.1, 0.15) is 12.8 Å². The number of hydrogen-bond donors (Lipinski definition) is 2. The van der Waals surface area contributed by atoms with Crippen LogP contribution in [0.15, 0.2) is 24.3 Å². The Balaban J connectivity index is 1.80. The fourth-order valence-corrected chi connectivity index (χ4v) is 4.05. The Bertz CT molecular complexity index is 589. The third-order valence-corrected chi connectivity index (χ3v) is 5.18. The van der Waals surface area contributed by atoms with Gasteiger partial charge in [0.2, 0.25) is 5.91 Å². The molecule has 0 spiro atoms. The van der Waals surface area contributed by atoms with Gasteiger partial charge in [-0.2, -0.15) is 0 Å². The molecule has 5 nitrogen and oxygen atoms in total. The predicted molar refractivity (Wildman–Crippen MR) is 79.8 cm³/mol. The van der Waals surface area contributed by atoms with Crippen LogP contribution in [-0.2, 0) is 14.6 Å². The van der Waals surface area contributed by atoms with Crippen LogP contribution >= 0.6 is 11.6 Å². The van der Waals surface area contributed by atoms with E-state index in [1.54, 1.807) is 24.3 Å². The van der Waals surface area contributed by atoms with Crippen molar-refractivity contribution in [3.63, 3.8) is 0 Å². The fourth-order valence-electron chi connectivity index (χ4n) is 2.19. The predicted octanol–water partition coefficient (Wildman–Crippen LogP) is 1.45. The van der Waals surface area contributed by atoms with Crippen LogP contribution in [0, 0.1) is 0 Å². The molecule has 1 heterocycles. The Morgan fingerprint density at radius 1 is 1.40 bits per heavy atom. The first kappa shape index (κ1) is 15.3. The number of benzene rings is 1. The Morgan fingerprint density at radius 2 is 2.20 bits per heavy atom. The van der Waals surface area contributed by atoms with Gasteiger partial charge in [0, 0.05) is 16.8 Å². The summed E-state index contributed by atoms with van der Waals surface area (Å²) in [7, 11) is -2.96. The van der Waals surface area contributed by atoms with Crippen LogP contribution in [0.2, 0.25) is 5.02 Å². The van der Waals surface area contributed by atoms with Crippen molar-refractivity contribution in [1.29, 1.82) is 0 Å². The first-order valence-electron chi connectivity index (χ1n) is 6.44. The quantitative estimate of drug-likeness (QED) is 0.881. The van der Waals surface area contributed by atoms with Crippen molar-refractivity contribution in [1.82, 2.24) is 5.32 Å². The SMILES string of the molecule is O=C(CNC1CCCS(=O)(=O)C1)Nc1cccc(Cl)c1. The van der Waals surface area contributed by atoms with Gasteiger partial charge in [0.1, 0.15) is 0 Å². The van der Waals surface area contributed by atoms with Crippen LogP contribution in [0.25, 0.3) is 0 Å². The van der Waals surface area contributed by atoms with Gasteiger partial charge in [-0.05, 0) is 31.0 Å². The maximum atomic E-state index is 11.8. The van der Waals surface area contributed by atoms with Gasteiger partial charge in [0.15, 0.2) is 9.84 Å². The van der Waals surface area contributed by atoms with Gasteiger partial charge in [-0.15, -0.1) is 0 Å². The molecular formula is C13H17ClN2O3S. The summed E-state index contributed by atoms with van der Waals surface area (Å²) in [6, 6.07) is 6.74. The molecule has 1 aliphatic heterocycles. The van der Waals surface area contributed by atoms with Gasteiger partial charge < -0.3 is 10.6 Å². The lowest BCUT2D eigenvalue weighted by molar-refractivity contribution is -0.115. The van der Waals surface area contributed by atoms with Gasteiger partial charge in [0.05, 0.1) is 18.1 Å². The average molecular weight is 317 g/mol.